The van der Waals surface area contributed by atoms with Gasteiger partial charge in [-0.2, -0.15) is 0 Å². The van der Waals surface area contributed by atoms with E-state index in [0.717, 1.165) is 0 Å². The van der Waals surface area contributed by atoms with Crippen molar-refractivity contribution in [2.24, 2.45) is 10.2 Å². The van der Waals surface area contributed by atoms with Gasteiger partial charge in [-0.3, -0.25) is 0 Å². The Morgan fingerprint density at radius 3 is 2.10 bits per heavy atom. The van der Waals surface area contributed by atoms with Crippen LogP contribution < -0.4 is 0 Å². The Kier molecular flexibility index (Phi) is 4.90. The third-order valence-corrected chi connectivity index (χ3v) is 0.757. The molecule has 7 nitrogen and oxygen atoms in total. The zero-order chi connectivity index (χ0) is 7.82. The van der Waals surface area contributed by atoms with Crippen molar-refractivity contribution in [2.45, 2.75) is 12.6 Å². The standard InChI is InChI=1S/C3H6N6O/c4-8-6-3(1-2-10)7-9-5/h3,10H,1-2H2. The van der Waals surface area contributed by atoms with E-state index >= 15 is 0 Å². The normalized spacial score (nSPS) is 10.9. The Morgan fingerprint density at radius 2 is 1.80 bits per heavy atom. The van der Waals surface area contributed by atoms with E-state index in [1.54, 1.807) is 0 Å². The van der Waals surface area contributed by atoms with E-state index in [9.17, 15) is 0 Å². The van der Waals surface area contributed by atoms with Gasteiger partial charge < -0.3 is 5.11 Å². The molecule has 0 aliphatic carbocycles. The van der Waals surface area contributed by atoms with E-state index in [0.29, 0.717) is 0 Å². The molecule has 0 aliphatic rings. The molecular formula is C3H6N6O. The molecule has 54 valence electrons. The van der Waals surface area contributed by atoms with Crippen molar-refractivity contribution in [3.8, 4) is 0 Å². The average molecular weight is 142 g/mol. The number of hydrogen-bond donors (Lipinski definition) is 1. The predicted octanol–water partition coefficient (Wildman–Crippen LogP) is 1.32. The van der Waals surface area contributed by atoms with Crippen LogP contribution in [0.1, 0.15) is 6.42 Å². The van der Waals surface area contributed by atoms with Gasteiger partial charge in [-0.15, -0.1) is 0 Å². The van der Waals surface area contributed by atoms with E-state index in [-0.39, 0.29) is 13.0 Å². The van der Waals surface area contributed by atoms with E-state index in [2.05, 4.69) is 20.1 Å². The second-order valence-corrected chi connectivity index (χ2v) is 1.40. The molecule has 0 radical (unpaired) electrons. The van der Waals surface area contributed by atoms with Crippen LogP contribution in [-0.2, 0) is 0 Å². The van der Waals surface area contributed by atoms with Gasteiger partial charge in [0.15, 0.2) is 0 Å². The highest BCUT2D eigenvalue weighted by Crippen LogP contribution is 1.98. The first-order chi connectivity index (χ1) is 4.85. The lowest BCUT2D eigenvalue weighted by Gasteiger charge is -1.96. The molecule has 0 saturated carbocycles. The summed E-state index contributed by atoms with van der Waals surface area (Å²) in [4.78, 5) is 4.84. The summed E-state index contributed by atoms with van der Waals surface area (Å²) in [6, 6.07) is 0. The van der Waals surface area contributed by atoms with Crippen molar-refractivity contribution in [2.75, 3.05) is 6.61 Å². The summed E-state index contributed by atoms with van der Waals surface area (Å²) in [5.74, 6) is 0. The quantitative estimate of drug-likeness (QED) is 0.355. The van der Waals surface area contributed by atoms with E-state index in [4.69, 9.17) is 16.2 Å². The minimum absolute atomic E-state index is 0.161. The summed E-state index contributed by atoms with van der Waals surface area (Å²) < 4.78 is 0. The lowest BCUT2D eigenvalue weighted by Crippen LogP contribution is -2.00. The van der Waals surface area contributed by atoms with Crippen LogP contribution in [0.5, 0.6) is 0 Å². The lowest BCUT2D eigenvalue weighted by molar-refractivity contribution is 0.277. The average Bonchev–Trinajstić information content (AvgIpc) is 1.90. The highest BCUT2D eigenvalue weighted by Gasteiger charge is 1.99. The van der Waals surface area contributed by atoms with Gasteiger partial charge in [0.05, 0.1) is 0 Å². The van der Waals surface area contributed by atoms with Crippen LogP contribution >= 0.6 is 0 Å². The summed E-state index contributed by atoms with van der Waals surface area (Å²) in [6.45, 7) is -0.164. The molecule has 0 aliphatic heterocycles. The molecule has 0 fully saturated rings. The number of nitrogens with zero attached hydrogens (tertiary/aromatic N) is 6. The van der Waals surface area contributed by atoms with Crippen molar-refractivity contribution in [1.82, 2.24) is 0 Å². The molecule has 0 aromatic carbocycles. The van der Waals surface area contributed by atoms with Crippen molar-refractivity contribution >= 4 is 0 Å². The summed E-state index contributed by atoms with van der Waals surface area (Å²) in [5.41, 5.74) is 15.8. The molecular weight excluding hydrogens is 136 g/mol. The fourth-order valence-corrected chi connectivity index (χ4v) is 0.373. The molecule has 1 N–H and O–H groups in total. The Hall–Kier alpha value is -1.42. The molecule has 0 atom stereocenters. The maximum Gasteiger partial charge on any atom is 0.118 e. The molecule has 0 unspecified atom stereocenters. The van der Waals surface area contributed by atoms with E-state index in [1.807, 2.05) is 0 Å². The van der Waals surface area contributed by atoms with Gasteiger partial charge in [-0.25, -0.2) is 0 Å². The molecule has 0 saturated heterocycles. The molecule has 0 heterocycles. The third kappa shape index (κ3) is 3.57. The van der Waals surface area contributed by atoms with Gasteiger partial charge in [0.1, 0.15) is 6.17 Å². The van der Waals surface area contributed by atoms with Crippen molar-refractivity contribution < 1.29 is 5.11 Å². The minimum Gasteiger partial charge on any atom is -0.396 e. The maximum atomic E-state index is 8.32. The van der Waals surface area contributed by atoms with E-state index < -0.39 is 6.17 Å². The molecule has 0 bridgehead atoms. The molecule has 7 heteroatoms. The van der Waals surface area contributed by atoms with Crippen LogP contribution in [-0.4, -0.2) is 17.9 Å². The van der Waals surface area contributed by atoms with Crippen molar-refractivity contribution in [1.29, 1.82) is 0 Å². The van der Waals surface area contributed by atoms with Gasteiger partial charge in [0, 0.05) is 16.4 Å². The van der Waals surface area contributed by atoms with Crippen LogP contribution in [0.25, 0.3) is 20.9 Å². The SMILES string of the molecule is [N-]=[N+]=NC(CCO)N=[N+]=[N-]. The van der Waals surface area contributed by atoms with Gasteiger partial charge in [-0.1, -0.05) is 10.2 Å². The lowest BCUT2D eigenvalue weighted by atomic mass is 10.4. The third-order valence-electron chi connectivity index (χ3n) is 0.757. The van der Waals surface area contributed by atoms with Crippen molar-refractivity contribution in [3.63, 3.8) is 0 Å². The number of hydrogen-bond acceptors (Lipinski definition) is 3. The Morgan fingerprint density at radius 1 is 1.30 bits per heavy atom. The number of aliphatic hydroxyl groups is 1. The minimum atomic E-state index is -0.806. The molecule has 10 heavy (non-hydrogen) atoms. The summed E-state index contributed by atoms with van der Waals surface area (Å²) in [7, 11) is 0. The molecule has 0 aromatic rings. The predicted molar refractivity (Wildman–Crippen MR) is 33.8 cm³/mol. The van der Waals surface area contributed by atoms with Gasteiger partial charge >= 0.3 is 0 Å². The zero-order valence-electron chi connectivity index (χ0n) is 5.12. The van der Waals surface area contributed by atoms with Crippen LogP contribution in [0, 0.1) is 0 Å². The van der Waals surface area contributed by atoms with Crippen LogP contribution in [0.3, 0.4) is 0 Å². The molecule has 0 spiro atoms. The maximum absolute atomic E-state index is 8.32. The summed E-state index contributed by atoms with van der Waals surface area (Å²) in [5, 5.41) is 14.5. The first-order valence-corrected chi connectivity index (χ1v) is 2.54. The Balaban J connectivity index is 3.96. The Bertz CT molecular complexity index is 159. The monoisotopic (exact) mass is 142 g/mol. The first kappa shape index (κ1) is 8.58. The highest BCUT2D eigenvalue weighted by atomic mass is 16.3. The largest absolute Gasteiger partial charge is 0.396 e. The number of azide groups is 1. The van der Waals surface area contributed by atoms with Crippen molar-refractivity contribution in [3.05, 3.63) is 20.9 Å². The Labute approximate surface area is 56.5 Å². The zero-order valence-corrected chi connectivity index (χ0v) is 5.12. The fraction of sp³-hybridized carbons (Fsp3) is 1.00. The van der Waals surface area contributed by atoms with Crippen LogP contribution in [0.4, 0.5) is 0 Å². The smallest absolute Gasteiger partial charge is 0.118 e. The first-order valence-electron chi connectivity index (χ1n) is 2.54. The number of rotatable bonds is 4. The number of aliphatic hydroxyl groups excluding tert-OH is 1. The van der Waals surface area contributed by atoms with E-state index in [1.165, 1.54) is 0 Å². The van der Waals surface area contributed by atoms with Crippen LogP contribution in [0.2, 0.25) is 0 Å². The second kappa shape index (κ2) is 5.71. The summed E-state index contributed by atoms with van der Waals surface area (Å²) >= 11 is 0. The summed E-state index contributed by atoms with van der Waals surface area (Å²) in [6.07, 6.45) is -0.645. The van der Waals surface area contributed by atoms with Gasteiger partial charge in [0.25, 0.3) is 0 Å². The second-order valence-electron chi connectivity index (χ2n) is 1.40. The van der Waals surface area contributed by atoms with Gasteiger partial charge in [-0.05, 0) is 17.5 Å². The van der Waals surface area contributed by atoms with Gasteiger partial charge in [0.2, 0.25) is 0 Å². The fourth-order valence-electron chi connectivity index (χ4n) is 0.373. The topological polar surface area (TPSA) is 118 Å². The van der Waals surface area contributed by atoms with Crippen LogP contribution in [0.15, 0.2) is 10.2 Å². The molecule has 0 aromatic heterocycles. The highest BCUT2D eigenvalue weighted by molar-refractivity contribution is 4.63. The molecule has 0 rings (SSSR count). The molecule has 0 amide bonds.